The van der Waals surface area contributed by atoms with Crippen molar-refractivity contribution in [2.75, 3.05) is 17.3 Å². The molecule has 3 aromatic carbocycles. The van der Waals surface area contributed by atoms with Gasteiger partial charge < -0.3 is 4.74 Å². The normalized spacial score (nSPS) is 10.9. The lowest BCUT2D eigenvalue weighted by molar-refractivity contribution is -0.118. The summed E-state index contributed by atoms with van der Waals surface area (Å²) in [6.07, 6.45) is 0.337. The lowest BCUT2D eigenvalue weighted by Crippen LogP contribution is -2.31. The van der Waals surface area contributed by atoms with E-state index in [1.54, 1.807) is 16.7 Å². The first-order valence-corrected chi connectivity index (χ1v) is 12.6. The molecule has 0 atom stereocenters. The fraction of sp³-hybridized carbons (Fsp3) is 0.231. The molecule has 32 heavy (non-hydrogen) atoms. The van der Waals surface area contributed by atoms with Crippen LogP contribution in [0.3, 0.4) is 0 Å². The second-order valence-corrected chi connectivity index (χ2v) is 9.62. The van der Waals surface area contributed by atoms with E-state index in [1.165, 1.54) is 16.2 Å². The van der Waals surface area contributed by atoms with Gasteiger partial charge in [0.2, 0.25) is 5.91 Å². The van der Waals surface area contributed by atoms with Gasteiger partial charge in [0, 0.05) is 4.90 Å². The van der Waals surface area contributed by atoms with Gasteiger partial charge in [-0.15, -0.1) is 11.8 Å². The third-order valence-electron chi connectivity index (χ3n) is 4.96. The molecular weight excluding hydrogens is 436 g/mol. The molecule has 1 aromatic heterocycles. The third-order valence-corrected chi connectivity index (χ3v) is 6.90. The Bertz CT molecular complexity index is 1170. The van der Waals surface area contributed by atoms with Gasteiger partial charge in [0.05, 0.1) is 29.8 Å². The molecular formula is C26H26N2O2S2. The monoisotopic (exact) mass is 462 g/mol. The molecule has 0 saturated heterocycles. The Labute approximate surface area is 197 Å². The predicted octanol–water partition coefficient (Wildman–Crippen LogP) is 6.58. The van der Waals surface area contributed by atoms with Crippen molar-refractivity contribution in [2.45, 2.75) is 31.7 Å². The van der Waals surface area contributed by atoms with E-state index in [9.17, 15) is 4.79 Å². The highest BCUT2D eigenvalue weighted by Gasteiger charge is 2.21. The molecule has 0 aliphatic rings. The van der Waals surface area contributed by atoms with Gasteiger partial charge in [-0.2, -0.15) is 0 Å². The Morgan fingerprint density at radius 3 is 2.50 bits per heavy atom. The van der Waals surface area contributed by atoms with Crippen LogP contribution in [-0.4, -0.2) is 23.3 Å². The van der Waals surface area contributed by atoms with Crippen LogP contribution in [0.5, 0.6) is 5.75 Å². The summed E-state index contributed by atoms with van der Waals surface area (Å²) >= 11 is 3.32. The minimum absolute atomic E-state index is 0.0360. The van der Waals surface area contributed by atoms with E-state index in [-0.39, 0.29) is 5.91 Å². The number of anilines is 1. The van der Waals surface area contributed by atoms with Gasteiger partial charge in [-0.05, 0) is 54.1 Å². The number of rotatable bonds is 9. The molecule has 0 aliphatic carbocycles. The summed E-state index contributed by atoms with van der Waals surface area (Å²) in [5, 5.41) is 0.709. The van der Waals surface area contributed by atoms with Crippen LogP contribution in [0.2, 0.25) is 0 Å². The van der Waals surface area contributed by atoms with E-state index < -0.39 is 0 Å². The van der Waals surface area contributed by atoms with Crippen molar-refractivity contribution in [2.24, 2.45) is 0 Å². The predicted molar refractivity (Wildman–Crippen MR) is 135 cm³/mol. The first kappa shape index (κ1) is 22.4. The van der Waals surface area contributed by atoms with Crippen LogP contribution in [0.4, 0.5) is 5.13 Å². The van der Waals surface area contributed by atoms with Crippen molar-refractivity contribution in [3.05, 3.63) is 83.9 Å². The number of carbonyl (C=O) groups is 1. The number of aromatic nitrogens is 1. The number of fused-ring (bicyclic) bond motifs is 1. The van der Waals surface area contributed by atoms with Crippen LogP contribution >= 0.6 is 23.1 Å². The number of nitrogens with zero attached hydrogens (tertiary/aromatic N) is 2. The van der Waals surface area contributed by atoms with E-state index in [4.69, 9.17) is 9.72 Å². The number of hydrogen-bond acceptors (Lipinski definition) is 5. The number of amides is 1. The second-order valence-electron chi connectivity index (χ2n) is 7.28. The van der Waals surface area contributed by atoms with Crippen molar-refractivity contribution in [1.29, 1.82) is 0 Å². The zero-order chi connectivity index (χ0) is 22.3. The number of thioether (sulfide) groups is 1. The highest BCUT2D eigenvalue weighted by atomic mass is 32.2. The maximum Gasteiger partial charge on any atom is 0.233 e. The average Bonchev–Trinajstić information content (AvgIpc) is 3.23. The minimum Gasteiger partial charge on any atom is -0.494 e. The quantitative estimate of drug-likeness (QED) is 0.263. The van der Waals surface area contributed by atoms with Crippen LogP contribution < -0.4 is 9.64 Å². The Hall–Kier alpha value is -2.83. The molecule has 4 aromatic rings. The van der Waals surface area contributed by atoms with Crippen LogP contribution in [0.1, 0.15) is 25.0 Å². The number of carbonyl (C=O) groups excluding carboxylic acids is 1. The van der Waals surface area contributed by atoms with Crippen LogP contribution in [0.25, 0.3) is 10.2 Å². The number of benzene rings is 3. The molecule has 0 radical (unpaired) electrons. The van der Waals surface area contributed by atoms with E-state index in [2.05, 4.69) is 19.1 Å². The Morgan fingerprint density at radius 2 is 1.78 bits per heavy atom. The summed E-state index contributed by atoms with van der Waals surface area (Å²) in [5.74, 6) is 1.89. The molecule has 4 nitrogen and oxygen atoms in total. The van der Waals surface area contributed by atoms with Gasteiger partial charge in [0.1, 0.15) is 5.75 Å². The average molecular weight is 463 g/mol. The van der Waals surface area contributed by atoms with E-state index >= 15 is 0 Å². The van der Waals surface area contributed by atoms with E-state index in [0.29, 0.717) is 24.7 Å². The zero-order valence-electron chi connectivity index (χ0n) is 18.3. The molecule has 6 heteroatoms. The lowest BCUT2D eigenvalue weighted by Gasteiger charge is -2.20. The maximum atomic E-state index is 13.4. The molecule has 4 rings (SSSR count). The number of hydrogen-bond donors (Lipinski definition) is 0. The molecule has 0 aliphatic heterocycles. The first-order chi connectivity index (χ1) is 15.7. The summed E-state index contributed by atoms with van der Waals surface area (Å²) in [7, 11) is 0. The number of ether oxygens (including phenoxy) is 1. The molecule has 0 spiro atoms. The first-order valence-electron chi connectivity index (χ1n) is 10.8. The molecule has 1 heterocycles. The molecule has 0 N–H and O–H groups in total. The molecule has 1 amide bonds. The zero-order valence-corrected chi connectivity index (χ0v) is 19.9. The van der Waals surface area contributed by atoms with Crippen LogP contribution in [0.15, 0.2) is 77.7 Å². The van der Waals surface area contributed by atoms with Crippen molar-refractivity contribution >= 4 is 44.4 Å². The molecule has 0 bridgehead atoms. The van der Waals surface area contributed by atoms with E-state index in [1.807, 2.05) is 67.6 Å². The summed E-state index contributed by atoms with van der Waals surface area (Å²) in [4.78, 5) is 21.2. The minimum atomic E-state index is 0.0360. The smallest absolute Gasteiger partial charge is 0.233 e. The Kier molecular flexibility index (Phi) is 7.45. The van der Waals surface area contributed by atoms with Gasteiger partial charge in [0.25, 0.3) is 0 Å². The molecule has 0 unspecified atom stereocenters. The van der Waals surface area contributed by atoms with Gasteiger partial charge in [0.15, 0.2) is 5.13 Å². The number of thiazole rings is 1. The fourth-order valence-corrected chi connectivity index (χ4v) is 5.11. The highest BCUT2D eigenvalue weighted by molar-refractivity contribution is 7.99. The largest absolute Gasteiger partial charge is 0.494 e. The summed E-state index contributed by atoms with van der Waals surface area (Å²) in [6.45, 7) is 5.21. The van der Waals surface area contributed by atoms with Gasteiger partial charge >= 0.3 is 0 Å². The van der Waals surface area contributed by atoms with Gasteiger partial charge in [-0.1, -0.05) is 60.7 Å². The van der Waals surface area contributed by atoms with Crippen LogP contribution in [-0.2, 0) is 17.8 Å². The van der Waals surface area contributed by atoms with Crippen molar-refractivity contribution in [3.8, 4) is 5.75 Å². The van der Waals surface area contributed by atoms with Crippen LogP contribution in [0, 0.1) is 0 Å². The molecule has 164 valence electrons. The standard InChI is InChI=1S/C26H26N2O2S2/c1-3-30-21-12-15-23-24(17-21)32-26(27-23)28(18-20-8-6-5-7-9-20)25(29)16-19-10-13-22(14-11-19)31-4-2/h5-15,17H,3-4,16,18H2,1-2H3. The second kappa shape index (κ2) is 10.7. The van der Waals surface area contributed by atoms with Crippen molar-refractivity contribution in [3.63, 3.8) is 0 Å². The Morgan fingerprint density at radius 1 is 1.00 bits per heavy atom. The van der Waals surface area contributed by atoms with Crippen molar-refractivity contribution in [1.82, 2.24) is 4.98 Å². The van der Waals surface area contributed by atoms with Gasteiger partial charge in [-0.3, -0.25) is 9.69 Å². The summed E-state index contributed by atoms with van der Waals surface area (Å²) < 4.78 is 6.64. The Balaban J connectivity index is 1.62. The lowest BCUT2D eigenvalue weighted by atomic mass is 10.1. The maximum absolute atomic E-state index is 13.4. The van der Waals surface area contributed by atoms with Crippen molar-refractivity contribution < 1.29 is 9.53 Å². The van der Waals surface area contributed by atoms with Gasteiger partial charge in [-0.25, -0.2) is 4.98 Å². The van der Waals surface area contributed by atoms with E-state index in [0.717, 1.165) is 32.8 Å². The molecule has 0 saturated carbocycles. The topological polar surface area (TPSA) is 42.4 Å². The summed E-state index contributed by atoms with van der Waals surface area (Å²) in [6, 6.07) is 24.2. The fourth-order valence-electron chi connectivity index (χ4n) is 3.43. The SMILES string of the molecule is CCOc1ccc2nc(N(Cc3ccccc3)C(=O)Cc3ccc(SCC)cc3)sc2c1. The third kappa shape index (κ3) is 5.50. The molecule has 0 fully saturated rings. The summed E-state index contributed by atoms with van der Waals surface area (Å²) in [5.41, 5.74) is 2.96. The highest BCUT2D eigenvalue weighted by Crippen LogP contribution is 2.33.